The van der Waals surface area contributed by atoms with Crippen LogP contribution in [0.1, 0.15) is 56.3 Å². The Kier molecular flexibility index (Phi) is 11.9. The zero-order valence-corrected chi connectivity index (χ0v) is 15.5. The fourth-order valence-electron chi connectivity index (χ4n) is 2.48. The van der Waals surface area contributed by atoms with E-state index >= 15 is 0 Å². The Hall–Kier alpha value is -1.59. The van der Waals surface area contributed by atoms with Crippen molar-refractivity contribution < 1.29 is 9.59 Å². The van der Waals surface area contributed by atoms with E-state index in [1.165, 1.54) is 0 Å². The predicted octanol–water partition coefficient (Wildman–Crippen LogP) is 3.34. The van der Waals surface area contributed by atoms with Crippen LogP contribution in [0, 0.1) is 5.92 Å². The van der Waals surface area contributed by atoms with Gasteiger partial charge in [0.1, 0.15) is 0 Å². The van der Waals surface area contributed by atoms with Crippen molar-refractivity contribution in [3.8, 4) is 0 Å². The Bertz CT molecular complexity index is 509. The number of anilines is 1. The molecule has 0 heterocycles. The lowest BCUT2D eigenvalue weighted by Gasteiger charge is -2.15. The number of unbranched alkanes of at least 4 members (excludes halogenated alkanes) is 1. The predicted molar refractivity (Wildman–Crippen MR) is 102 cm³/mol. The normalized spacial score (nSPS) is 11.3. The van der Waals surface area contributed by atoms with Gasteiger partial charge in [-0.25, -0.2) is 0 Å². The van der Waals surface area contributed by atoms with Gasteiger partial charge in [0, 0.05) is 19.5 Å². The van der Waals surface area contributed by atoms with E-state index < -0.39 is 0 Å². The molecule has 4 N–H and O–H groups in total. The topological polar surface area (TPSA) is 84.2 Å². The molecule has 136 valence electrons. The van der Waals surface area contributed by atoms with Crippen LogP contribution in [0.5, 0.6) is 0 Å². The number of nitrogens with two attached hydrogens (primary N) is 1. The molecule has 0 bridgehead atoms. The van der Waals surface area contributed by atoms with Crippen LogP contribution in [-0.2, 0) is 4.79 Å². The van der Waals surface area contributed by atoms with Crippen LogP contribution >= 0.6 is 12.4 Å². The highest BCUT2D eigenvalue weighted by atomic mass is 35.5. The summed E-state index contributed by atoms with van der Waals surface area (Å²) in [7, 11) is 0. The van der Waals surface area contributed by atoms with Crippen molar-refractivity contribution in [1.29, 1.82) is 0 Å². The van der Waals surface area contributed by atoms with E-state index in [0.29, 0.717) is 36.7 Å². The third kappa shape index (κ3) is 7.79. The number of benzene rings is 1. The lowest BCUT2D eigenvalue weighted by atomic mass is 9.95. The molecule has 6 heteroatoms. The molecule has 1 unspecified atom stereocenters. The maximum Gasteiger partial charge on any atom is 0.253 e. The van der Waals surface area contributed by atoms with Gasteiger partial charge in [0.05, 0.1) is 11.3 Å². The van der Waals surface area contributed by atoms with Crippen LogP contribution < -0.4 is 16.4 Å². The molecule has 0 spiro atoms. The number of nitrogens with one attached hydrogen (secondary N) is 2. The SMILES string of the molecule is CCCCC(CC)CC(=O)Nc1ccccc1C(=O)NCCN.Cl. The Morgan fingerprint density at radius 1 is 1.21 bits per heavy atom. The van der Waals surface area contributed by atoms with Gasteiger partial charge in [-0.05, 0) is 24.5 Å². The minimum Gasteiger partial charge on any atom is -0.351 e. The fourth-order valence-corrected chi connectivity index (χ4v) is 2.48. The summed E-state index contributed by atoms with van der Waals surface area (Å²) in [5, 5.41) is 5.60. The van der Waals surface area contributed by atoms with Crippen molar-refractivity contribution in [3.05, 3.63) is 29.8 Å². The van der Waals surface area contributed by atoms with E-state index in [0.717, 1.165) is 25.7 Å². The number of carbonyl (C=O) groups is 2. The standard InChI is InChI=1S/C18H29N3O2.ClH/c1-3-5-8-14(4-2)13-17(22)21-16-10-7-6-9-15(16)18(23)20-12-11-19;/h6-7,9-10,14H,3-5,8,11-13,19H2,1-2H3,(H,20,23)(H,21,22);1H. The van der Waals surface area contributed by atoms with E-state index in [1.54, 1.807) is 18.2 Å². The summed E-state index contributed by atoms with van der Waals surface area (Å²) >= 11 is 0. The molecule has 1 aromatic rings. The van der Waals surface area contributed by atoms with E-state index in [4.69, 9.17) is 5.73 Å². The fraction of sp³-hybridized carbons (Fsp3) is 0.556. The van der Waals surface area contributed by atoms with Gasteiger partial charge in [-0.2, -0.15) is 0 Å². The average molecular weight is 356 g/mol. The molecular formula is C18H30ClN3O2. The molecular weight excluding hydrogens is 326 g/mol. The summed E-state index contributed by atoms with van der Waals surface area (Å²) in [6.07, 6.45) is 4.84. The van der Waals surface area contributed by atoms with Gasteiger partial charge < -0.3 is 16.4 Å². The zero-order valence-electron chi connectivity index (χ0n) is 14.6. The first-order valence-corrected chi connectivity index (χ1v) is 8.49. The molecule has 5 nitrogen and oxygen atoms in total. The van der Waals surface area contributed by atoms with Gasteiger partial charge in [-0.1, -0.05) is 45.2 Å². The smallest absolute Gasteiger partial charge is 0.253 e. The molecule has 1 aromatic carbocycles. The van der Waals surface area contributed by atoms with Crippen LogP contribution in [0.25, 0.3) is 0 Å². The van der Waals surface area contributed by atoms with E-state index in [1.807, 2.05) is 6.07 Å². The molecule has 0 aliphatic carbocycles. The molecule has 24 heavy (non-hydrogen) atoms. The van der Waals surface area contributed by atoms with Crippen LogP contribution in [0.2, 0.25) is 0 Å². The molecule has 0 aromatic heterocycles. The van der Waals surface area contributed by atoms with Gasteiger partial charge in [0.2, 0.25) is 5.91 Å². The lowest BCUT2D eigenvalue weighted by Crippen LogP contribution is -2.30. The third-order valence-corrected chi connectivity index (χ3v) is 3.89. The minimum absolute atomic E-state index is 0. The summed E-state index contributed by atoms with van der Waals surface area (Å²) in [5.74, 6) is 0.143. The highest BCUT2D eigenvalue weighted by Gasteiger charge is 2.15. The van der Waals surface area contributed by atoms with Gasteiger partial charge in [-0.15, -0.1) is 12.4 Å². The quantitative estimate of drug-likeness (QED) is 0.601. The molecule has 0 fully saturated rings. The van der Waals surface area contributed by atoms with Crippen molar-refractivity contribution in [2.45, 2.75) is 46.0 Å². The largest absolute Gasteiger partial charge is 0.351 e. The number of carbonyl (C=O) groups excluding carboxylic acids is 2. The number of halogens is 1. The molecule has 0 saturated carbocycles. The van der Waals surface area contributed by atoms with Crippen molar-refractivity contribution in [3.63, 3.8) is 0 Å². The van der Waals surface area contributed by atoms with Crippen molar-refractivity contribution in [1.82, 2.24) is 5.32 Å². The highest BCUT2D eigenvalue weighted by Crippen LogP contribution is 2.19. The van der Waals surface area contributed by atoms with E-state index in [9.17, 15) is 9.59 Å². The lowest BCUT2D eigenvalue weighted by molar-refractivity contribution is -0.117. The Morgan fingerprint density at radius 3 is 2.54 bits per heavy atom. The second-order valence-electron chi connectivity index (χ2n) is 5.76. The number of para-hydroxylation sites is 1. The Labute approximate surface area is 151 Å². The van der Waals surface area contributed by atoms with Crippen LogP contribution in [0.3, 0.4) is 0 Å². The average Bonchev–Trinajstić information content (AvgIpc) is 2.56. The van der Waals surface area contributed by atoms with Crippen molar-refractivity contribution in [2.24, 2.45) is 11.7 Å². The van der Waals surface area contributed by atoms with Crippen molar-refractivity contribution in [2.75, 3.05) is 18.4 Å². The molecule has 1 rings (SSSR count). The number of hydrogen-bond acceptors (Lipinski definition) is 3. The monoisotopic (exact) mass is 355 g/mol. The van der Waals surface area contributed by atoms with Gasteiger partial charge >= 0.3 is 0 Å². The van der Waals surface area contributed by atoms with Gasteiger partial charge in [0.15, 0.2) is 0 Å². The summed E-state index contributed by atoms with van der Waals surface area (Å²) in [6.45, 7) is 5.07. The number of amides is 2. The third-order valence-electron chi connectivity index (χ3n) is 3.89. The van der Waals surface area contributed by atoms with Gasteiger partial charge in [0.25, 0.3) is 5.91 Å². The van der Waals surface area contributed by atoms with E-state index in [-0.39, 0.29) is 24.2 Å². The Morgan fingerprint density at radius 2 is 1.92 bits per heavy atom. The second kappa shape index (κ2) is 12.8. The molecule has 0 aliphatic heterocycles. The zero-order chi connectivity index (χ0) is 17.1. The number of rotatable bonds is 10. The summed E-state index contributed by atoms with van der Waals surface area (Å²) in [6, 6.07) is 7.05. The minimum atomic E-state index is -0.218. The van der Waals surface area contributed by atoms with Crippen molar-refractivity contribution >= 4 is 29.9 Å². The summed E-state index contributed by atoms with van der Waals surface area (Å²) in [5.41, 5.74) is 6.42. The van der Waals surface area contributed by atoms with Crippen LogP contribution in [0.15, 0.2) is 24.3 Å². The molecule has 0 saturated heterocycles. The molecule has 0 radical (unpaired) electrons. The highest BCUT2D eigenvalue weighted by molar-refractivity contribution is 6.03. The first-order chi connectivity index (χ1) is 11.1. The summed E-state index contributed by atoms with van der Waals surface area (Å²) in [4.78, 5) is 24.4. The van der Waals surface area contributed by atoms with Crippen LogP contribution in [0.4, 0.5) is 5.69 Å². The number of hydrogen-bond donors (Lipinski definition) is 3. The Balaban J connectivity index is 0.00000529. The maximum absolute atomic E-state index is 12.3. The first-order valence-electron chi connectivity index (χ1n) is 8.49. The van der Waals surface area contributed by atoms with Crippen LogP contribution in [-0.4, -0.2) is 24.9 Å². The maximum atomic E-state index is 12.3. The second-order valence-corrected chi connectivity index (χ2v) is 5.76. The first kappa shape index (κ1) is 22.4. The van der Waals surface area contributed by atoms with E-state index in [2.05, 4.69) is 24.5 Å². The van der Waals surface area contributed by atoms with Gasteiger partial charge in [-0.3, -0.25) is 9.59 Å². The summed E-state index contributed by atoms with van der Waals surface area (Å²) < 4.78 is 0. The molecule has 1 atom stereocenters. The molecule has 0 aliphatic rings. The molecule has 2 amide bonds.